The van der Waals surface area contributed by atoms with Gasteiger partial charge in [-0.15, -0.1) is 0 Å². The number of piperidine rings is 1. The third-order valence-electron chi connectivity index (χ3n) is 5.97. The summed E-state index contributed by atoms with van der Waals surface area (Å²) < 4.78 is 38.5. The number of rotatable bonds is 7. The zero-order valence-corrected chi connectivity index (χ0v) is 21.1. The number of aryl methyl sites for hydroxylation is 1. The van der Waals surface area contributed by atoms with Crippen molar-refractivity contribution in [3.8, 4) is 17.2 Å². The third-order valence-corrected chi connectivity index (χ3v) is 8.12. The zero-order chi connectivity index (χ0) is 25.0. The lowest BCUT2D eigenvalue weighted by atomic mass is 9.97. The molecule has 0 unspecified atom stereocenters. The maximum absolute atomic E-state index is 13.0. The lowest BCUT2D eigenvalue weighted by Gasteiger charge is -2.30. The van der Waals surface area contributed by atoms with Crippen molar-refractivity contribution in [2.75, 3.05) is 25.5 Å². The number of nitrogens with one attached hydrogen (secondary N) is 1. The molecule has 1 saturated heterocycles. The van der Waals surface area contributed by atoms with Gasteiger partial charge >= 0.3 is 0 Å². The molecule has 0 aliphatic carbocycles. The van der Waals surface area contributed by atoms with Gasteiger partial charge in [0, 0.05) is 24.0 Å². The van der Waals surface area contributed by atoms with Crippen LogP contribution in [0.5, 0.6) is 17.2 Å². The first-order chi connectivity index (χ1) is 16.8. The Kier molecular flexibility index (Phi) is 7.64. The lowest BCUT2D eigenvalue weighted by Crippen LogP contribution is -2.41. The molecule has 1 N–H and O–H groups in total. The van der Waals surface area contributed by atoms with E-state index in [1.807, 2.05) is 6.92 Å². The number of ether oxygens (including phenoxy) is 2. The standard InChI is InChI=1S/C26H27ClN2O5S/c1-18-3-10-23(11-4-18)35(31,32)29-15-13-19(14-16-29)26(30)28-24-17-20(27)5-12-25(24)34-22-8-6-21(33-2)7-9-22/h3-12,17,19H,13-16H2,1-2H3,(H,28,30). The van der Waals surface area contributed by atoms with Gasteiger partial charge in [0.15, 0.2) is 5.75 Å². The molecule has 4 rings (SSSR count). The summed E-state index contributed by atoms with van der Waals surface area (Å²) in [7, 11) is -2.00. The smallest absolute Gasteiger partial charge is 0.243 e. The van der Waals surface area contributed by atoms with Crippen LogP contribution < -0.4 is 14.8 Å². The fourth-order valence-corrected chi connectivity index (χ4v) is 5.55. The maximum Gasteiger partial charge on any atom is 0.243 e. The van der Waals surface area contributed by atoms with Crippen molar-refractivity contribution in [3.05, 3.63) is 77.3 Å². The van der Waals surface area contributed by atoms with Gasteiger partial charge in [0.05, 0.1) is 17.7 Å². The summed E-state index contributed by atoms with van der Waals surface area (Å²) in [5.74, 6) is 1.22. The van der Waals surface area contributed by atoms with Crippen molar-refractivity contribution in [2.24, 2.45) is 5.92 Å². The van der Waals surface area contributed by atoms with Gasteiger partial charge in [-0.05, 0) is 74.4 Å². The Morgan fingerprint density at radius 3 is 2.23 bits per heavy atom. The summed E-state index contributed by atoms with van der Waals surface area (Å²) >= 11 is 6.17. The van der Waals surface area contributed by atoms with Crippen LogP contribution in [0.1, 0.15) is 18.4 Å². The van der Waals surface area contributed by atoms with E-state index in [0.717, 1.165) is 5.56 Å². The van der Waals surface area contributed by atoms with Crippen molar-refractivity contribution in [3.63, 3.8) is 0 Å². The average Bonchev–Trinajstić information content (AvgIpc) is 2.86. The first-order valence-electron chi connectivity index (χ1n) is 11.3. The number of benzene rings is 3. The molecule has 0 bridgehead atoms. The highest BCUT2D eigenvalue weighted by Crippen LogP contribution is 2.34. The number of hydrogen-bond acceptors (Lipinski definition) is 5. The van der Waals surface area contributed by atoms with Crippen molar-refractivity contribution in [1.82, 2.24) is 4.31 Å². The van der Waals surface area contributed by atoms with Gasteiger partial charge in [-0.3, -0.25) is 4.79 Å². The zero-order valence-electron chi connectivity index (χ0n) is 19.5. The molecule has 3 aromatic carbocycles. The third kappa shape index (κ3) is 5.96. The van der Waals surface area contributed by atoms with Gasteiger partial charge in [-0.2, -0.15) is 4.31 Å². The maximum atomic E-state index is 13.0. The Hall–Kier alpha value is -3.07. The van der Waals surface area contributed by atoms with Crippen LogP contribution in [-0.4, -0.2) is 38.8 Å². The Morgan fingerprint density at radius 1 is 0.971 bits per heavy atom. The summed E-state index contributed by atoms with van der Waals surface area (Å²) in [6, 6.07) is 18.9. The Morgan fingerprint density at radius 2 is 1.60 bits per heavy atom. The highest BCUT2D eigenvalue weighted by Gasteiger charge is 2.32. The Balaban J connectivity index is 1.41. The minimum atomic E-state index is -3.58. The van der Waals surface area contributed by atoms with Crippen LogP contribution in [0.3, 0.4) is 0 Å². The topological polar surface area (TPSA) is 84.9 Å². The van der Waals surface area contributed by atoms with Gasteiger partial charge in [-0.25, -0.2) is 8.42 Å². The van der Waals surface area contributed by atoms with Crippen molar-refractivity contribution < 1.29 is 22.7 Å². The second kappa shape index (κ2) is 10.7. The molecular formula is C26H27ClN2O5S. The molecule has 0 spiro atoms. The number of amides is 1. The van der Waals surface area contributed by atoms with Crippen LogP contribution in [-0.2, 0) is 14.8 Å². The summed E-state index contributed by atoms with van der Waals surface area (Å²) in [4.78, 5) is 13.3. The molecule has 9 heteroatoms. The number of halogens is 1. The van der Waals surface area contributed by atoms with Gasteiger partial charge in [0.25, 0.3) is 0 Å². The second-order valence-electron chi connectivity index (χ2n) is 8.40. The van der Waals surface area contributed by atoms with E-state index < -0.39 is 10.0 Å². The molecule has 1 aliphatic heterocycles. The summed E-state index contributed by atoms with van der Waals surface area (Å²) in [5, 5.41) is 3.37. The van der Waals surface area contributed by atoms with E-state index in [2.05, 4.69) is 5.32 Å². The molecule has 0 radical (unpaired) electrons. The SMILES string of the molecule is COc1ccc(Oc2ccc(Cl)cc2NC(=O)C2CCN(S(=O)(=O)c3ccc(C)cc3)CC2)cc1. The molecule has 0 atom stereocenters. The molecule has 1 aliphatic rings. The number of carbonyl (C=O) groups is 1. The Labute approximate surface area is 210 Å². The molecule has 0 aromatic heterocycles. The molecule has 0 saturated carbocycles. The summed E-state index contributed by atoms with van der Waals surface area (Å²) in [6.45, 7) is 2.46. The number of hydrogen-bond donors (Lipinski definition) is 1. The summed E-state index contributed by atoms with van der Waals surface area (Å²) in [5.41, 5.74) is 1.45. The number of nitrogens with zero attached hydrogens (tertiary/aromatic N) is 1. The van der Waals surface area contributed by atoms with Crippen LogP contribution >= 0.6 is 11.6 Å². The quantitative estimate of drug-likeness (QED) is 0.450. The molecule has 1 fully saturated rings. The van der Waals surface area contributed by atoms with Gasteiger partial charge in [0.1, 0.15) is 11.5 Å². The van der Waals surface area contributed by atoms with E-state index >= 15 is 0 Å². The van der Waals surface area contributed by atoms with Crippen LogP contribution in [0.2, 0.25) is 5.02 Å². The van der Waals surface area contributed by atoms with Crippen LogP contribution in [0.25, 0.3) is 0 Å². The highest BCUT2D eigenvalue weighted by molar-refractivity contribution is 7.89. The van der Waals surface area contributed by atoms with E-state index in [0.29, 0.717) is 40.8 Å². The van der Waals surface area contributed by atoms with E-state index in [4.69, 9.17) is 21.1 Å². The average molecular weight is 515 g/mol. The van der Waals surface area contributed by atoms with Gasteiger partial charge in [-0.1, -0.05) is 29.3 Å². The molecular weight excluding hydrogens is 488 g/mol. The minimum absolute atomic E-state index is 0.195. The Bertz CT molecular complexity index is 1290. The second-order valence-corrected chi connectivity index (χ2v) is 10.8. The molecule has 7 nitrogen and oxygen atoms in total. The monoisotopic (exact) mass is 514 g/mol. The van der Waals surface area contributed by atoms with Crippen molar-refractivity contribution in [2.45, 2.75) is 24.7 Å². The fraction of sp³-hybridized carbons (Fsp3) is 0.269. The first-order valence-corrected chi connectivity index (χ1v) is 13.1. The molecule has 3 aromatic rings. The predicted octanol–water partition coefficient (Wildman–Crippen LogP) is 5.49. The van der Waals surface area contributed by atoms with Crippen LogP contribution in [0.4, 0.5) is 5.69 Å². The van der Waals surface area contributed by atoms with E-state index in [-0.39, 0.29) is 29.8 Å². The first kappa shape index (κ1) is 25.0. The molecule has 35 heavy (non-hydrogen) atoms. The van der Waals surface area contributed by atoms with Crippen LogP contribution in [0, 0.1) is 12.8 Å². The molecule has 1 heterocycles. The van der Waals surface area contributed by atoms with E-state index in [1.54, 1.807) is 73.8 Å². The molecule has 1 amide bonds. The molecule has 184 valence electrons. The predicted molar refractivity (Wildman–Crippen MR) is 136 cm³/mol. The largest absolute Gasteiger partial charge is 0.497 e. The minimum Gasteiger partial charge on any atom is -0.497 e. The fourth-order valence-electron chi connectivity index (χ4n) is 3.91. The summed E-state index contributed by atoms with van der Waals surface area (Å²) in [6.07, 6.45) is 0.846. The van der Waals surface area contributed by atoms with Crippen molar-refractivity contribution in [1.29, 1.82) is 0 Å². The lowest BCUT2D eigenvalue weighted by molar-refractivity contribution is -0.120. The van der Waals surface area contributed by atoms with Gasteiger partial charge < -0.3 is 14.8 Å². The van der Waals surface area contributed by atoms with E-state index in [9.17, 15) is 13.2 Å². The number of methoxy groups -OCH3 is 1. The van der Waals surface area contributed by atoms with Crippen LogP contribution in [0.15, 0.2) is 71.6 Å². The number of sulfonamides is 1. The highest BCUT2D eigenvalue weighted by atomic mass is 35.5. The van der Waals surface area contributed by atoms with Crippen molar-refractivity contribution >= 4 is 33.2 Å². The van der Waals surface area contributed by atoms with Gasteiger partial charge in [0.2, 0.25) is 15.9 Å². The normalized spacial score (nSPS) is 14.9. The number of carbonyl (C=O) groups excluding carboxylic acids is 1. The van der Waals surface area contributed by atoms with E-state index in [1.165, 1.54) is 4.31 Å². The number of anilines is 1.